The first-order chi connectivity index (χ1) is 9.31. The van der Waals surface area contributed by atoms with E-state index in [2.05, 4.69) is 0 Å². The van der Waals surface area contributed by atoms with Gasteiger partial charge in [-0.3, -0.25) is 9.59 Å². The summed E-state index contributed by atoms with van der Waals surface area (Å²) >= 11 is 0. The van der Waals surface area contributed by atoms with Crippen molar-refractivity contribution in [2.24, 2.45) is 0 Å². The fourth-order valence-corrected chi connectivity index (χ4v) is 3.45. The van der Waals surface area contributed by atoms with E-state index in [-0.39, 0.29) is 23.2 Å². The molecule has 1 N–H and O–H groups in total. The molecule has 106 valence electrons. The highest BCUT2D eigenvalue weighted by molar-refractivity contribution is 5.97. The zero-order valence-corrected chi connectivity index (χ0v) is 12.4. The van der Waals surface area contributed by atoms with Crippen LogP contribution in [0.1, 0.15) is 58.3 Å². The van der Waals surface area contributed by atoms with Crippen LogP contribution in [0.5, 0.6) is 0 Å². The van der Waals surface area contributed by atoms with E-state index in [0.29, 0.717) is 12.8 Å². The SMILES string of the molecule is CC(=O)c1c(C)cc(C)c(C2CC(=O)C=C(O)C2)c1C. The zero-order valence-electron chi connectivity index (χ0n) is 12.4. The number of carbonyl (C=O) groups excluding carboxylic acids is 2. The van der Waals surface area contributed by atoms with Crippen molar-refractivity contribution in [3.05, 3.63) is 45.7 Å². The van der Waals surface area contributed by atoms with Gasteiger partial charge in [-0.15, -0.1) is 0 Å². The van der Waals surface area contributed by atoms with E-state index >= 15 is 0 Å². The molecule has 1 unspecified atom stereocenters. The summed E-state index contributed by atoms with van der Waals surface area (Å²) in [6.07, 6.45) is 2.17. The number of allylic oxidation sites excluding steroid dienone is 2. The fourth-order valence-electron chi connectivity index (χ4n) is 3.45. The maximum Gasteiger partial charge on any atom is 0.160 e. The van der Waals surface area contributed by atoms with Crippen LogP contribution in [0.3, 0.4) is 0 Å². The molecule has 0 aromatic heterocycles. The predicted molar refractivity (Wildman–Crippen MR) is 78.4 cm³/mol. The number of rotatable bonds is 2. The van der Waals surface area contributed by atoms with Crippen molar-refractivity contribution in [3.63, 3.8) is 0 Å². The van der Waals surface area contributed by atoms with Crippen molar-refractivity contribution in [1.29, 1.82) is 0 Å². The third-order valence-electron chi connectivity index (χ3n) is 4.02. The van der Waals surface area contributed by atoms with E-state index in [1.807, 2.05) is 26.8 Å². The zero-order chi connectivity index (χ0) is 15.0. The van der Waals surface area contributed by atoms with E-state index in [0.717, 1.165) is 27.8 Å². The van der Waals surface area contributed by atoms with Crippen LogP contribution in [0.25, 0.3) is 0 Å². The molecule has 0 saturated heterocycles. The summed E-state index contributed by atoms with van der Waals surface area (Å²) in [5, 5.41) is 9.70. The second kappa shape index (κ2) is 5.23. The Kier molecular flexibility index (Phi) is 3.80. The fraction of sp³-hybridized carbons (Fsp3) is 0.412. The minimum Gasteiger partial charge on any atom is -0.512 e. The number of aliphatic hydroxyl groups is 1. The molecule has 20 heavy (non-hydrogen) atoms. The largest absolute Gasteiger partial charge is 0.512 e. The van der Waals surface area contributed by atoms with Crippen molar-refractivity contribution < 1.29 is 14.7 Å². The highest BCUT2D eigenvalue weighted by Gasteiger charge is 2.26. The van der Waals surface area contributed by atoms with Gasteiger partial charge in [0.25, 0.3) is 0 Å². The first kappa shape index (κ1) is 14.5. The van der Waals surface area contributed by atoms with E-state index in [1.54, 1.807) is 6.92 Å². The minimum absolute atomic E-state index is 0.0359. The molecule has 1 aromatic carbocycles. The highest BCUT2D eigenvalue weighted by atomic mass is 16.3. The van der Waals surface area contributed by atoms with E-state index in [4.69, 9.17) is 0 Å². The van der Waals surface area contributed by atoms with Gasteiger partial charge in [0.1, 0.15) is 0 Å². The first-order valence-corrected chi connectivity index (χ1v) is 6.85. The molecule has 0 spiro atoms. The van der Waals surface area contributed by atoms with Crippen molar-refractivity contribution in [2.75, 3.05) is 0 Å². The Labute approximate surface area is 119 Å². The number of Topliss-reactive ketones (excluding diaryl/α,β-unsaturated/α-hetero) is 1. The van der Waals surface area contributed by atoms with E-state index in [1.165, 1.54) is 6.08 Å². The molecule has 0 heterocycles. The van der Waals surface area contributed by atoms with Crippen LogP contribution in [0.15, 0.2) is 17.9 Å². The number of aliphatic hydroxyl groups excluding tert-OH is 1. The first-order valence-electron chi connectivity index (χ1n) is 6.85. The van der Waals surface area contributed by atoms with Gasteiger partial charge >= 0.3 is 0 Å². The topological polar surface area (TPSA) is 54.4 Å². The second-order valence-electron chi connectivity index (χ2n) is 5.69. The van der Waals surface area contributed by atoms with Gasteiger partial charge in [0, 0.05) is 24.5 Å². The molecule has 0 saturated carbocycles. The Morgan fingerprint density at radius 2 is 1.85 bits per heavy atom. The summed E-state index contributed by atoms with van der Waals surface area (Å²) in [6, 6.07) is 2.00. The van der Waals surface area contributed by atoms with E-state index < -0.39 is 0 Å². The number of benzene rings is 1. The lowest BCUT2D eigenvalue weighted by Gasteiger charge is -2.25. The number of ketones is 2. The molecule has 3 heteroatoms. The Hall–Kier alpha value is -1.90. The van der Waals surface area contributed by atoms with Crippen LogP contribution >= 0.6 is 0 Å². The quantitative estimate of drug-likeness (QED) is 0.835. The number of aryl methyl sites for hydroxylation is 2. The van der Waals surface area contributed by atoms with Crippen LogP contribution in [-0.2, 0) is 4.79 Å². The van der Waals surface area contributed by atoms with Crippen molar-refractivity contribution >= 4 is 11.6 Å². The summed E-state index contributed by atoms with van der Waals surface area (Å²) in [4.78, 5) is 23.5. The second-order valence-corrected chi connectivity index (χ2v) is 5.69. The predicted octanol–water partition coefficient (Wildman–Crippen LogP) is 3.70. The lowest BCUT2D eigenvalue weighted by Crippen LogP contribution is -2.16. The smallest absolute Gasteiger partial charge is 0.160 e. The highest BCUT2D eigenvalue weighted by Crippen LogP contribution is 2.36. The molecule has 1 atom stereocenters. The molecular weight excluding hydrogens is 252 g/mol. The molecule has 1 aliphatic carbocycles. The van der Waals surface area contributed by atoms with Crippen molar-refractivity contribution in [1.82, 2.24) is 0 Å². The number of hydrogen-bond donors (Lipinski definition) is 1. The third-order valence-corrected chi connectivity index (χ3v) is 4.02. The molecule has 0 amide bonds. The van der Waals surface area contributed by atoms with Crippen LogP contribution in [-0.4, -0.2) is 16.7 Å². The van der Waals surface area contributed by atoms with Crippen LogP contribution in [0, 0.1) is 20.8 Å². The monoisotopic (exact) mass is 272 g/mol. The van der Waals surface area contributed by atoms with Crippen LogP contribution in [0.2, 0.25) is 0 Å². The molecular formula is C17H20O3. The van der Waals surface area contributed by atoms with Crippen LogP contribution < -0.4 is 0 Å². The average Bonchev–Trinajstić information content (AvgIpc) is 2.25. The normalized spacial score (nSPS) is 18.9. The van der Waals surface area contributed by atoms with Gasteiger partial charge in [0.05, 0.1) is 5.76 Å². The molecule has 0 bridgehead atoms. The van der Waals surface area contributed by atoms with Gasteiger partial charge < -0.3 is 5.11 Å². The Morgan fingerprint density at radius 1 is 1.20 bits per heavy atom. The van der Waals surface area contributed by atoms with Crippen molar-refractivity contribution in [2.45, 2.75) is 46.5 Å². The maximum absolute atomic E-state index is 11.8. The third kappa shape index (κ3) is 2.53. The summed E-state index contributed by atoms with van der Waals surface area (Å²) in [7, 11) is 0. The summed E-state index contributed by atoms with van der Waals surface area (Å²) < 4.78 is 0. The molecule has 1 aliphatic rings. The van der Waals surface area contributed by atoms with Crippen molar-refractivity contribution in [3.8, 4) is 0 Å². The lowest BCUT2D eigenvalue weighted by molar-refractivity contribution is -0.115. The summed E-state index contributed by atoms with van der Waals surface area (Å²) in [5.41, 5.74) is 4.78. The Morgan fingerprint density at radius 3 is 2.40 bits per heavy atom. The van der Waals surface area contributed by atoms with Gasteiger partial charge in [-0.25, -0.2) is 0 Å². The standard InChI is InChI=1S/C17H20O3/c1-9-5-10(2)17(11(3)16(9)12(4)18)13-6-14(19)8-15(20)7-13/h5,8,13,19H,6-7H2,1-4H3. The van der Waals surface area contributed by atoms with Gasteiger partial charge in [-0.1, -0.05) is 6.07 Å². The molecule has 3 nitrogen and oxygen atoms in total. The Balaban J connectivity index is 2.58. The van der Waals surface area contributed by atoms with Gasteiger partial charge in [0.2, 0.25) is 0 Å². The van der Waals surface area contributed by atoms with Gasteiger partial charge in [0.15, 0.2) is 11.6 Å². The molecule has 2 rings (SSSR count). The van der Waals surface area contributed by atoms with Gasteiger partial charge in [-0.05, 0) is 55.9 Å². The summed E-state index contributed by atoms with van der Waals surface area (Å²) in [6.45, 7) is 7.44. The number of hydrogen-bond acceptors (Lipinski definition) is 3. The lowest BCUT2D eigenvalue weighted by atomic mass is 9.79. The van der Waals surface area contributed by atoms with Crippen LogP contribution in [0.4, 0.5) is 0 Å². The minimum atomic E-state index is -0.0532. The Bertz CT molecular complexity index is 624. The van der Waals surface area contributed by atoms with Gasteiger partial charge in [-0.2, -0.15) is 0 Å². The molecule has 0 fully saturated rings. The molecule has 0 aliphatic heterocycles. The van der Waals surface area contributed by atoms with E-state index in [9.17, 15) is 14.7 Å². The summed E-state index contributed by atoms with van der Waals surface area (Å²) in [5.74, 6) is 0.0897. The number of carbonyl (C=O) groups is 2. The maximum atomic E-state index is 11.8. The molecule has 1 aromatic rings. The molecule has 0 radical (unpaired) electrons. The average molecular weight is 272 g/mol.